The van der Waals surface area contributed by atoms with Crippen LogP contribution in [0.4, 0.5) is 11.4 Å². The smallest absolute Gasteiger partial charge is 0.146 e. The molecule has 1 aliphatic rings. The molecule has 1 N–H and O–H groups in total. The number of aromatic nitrogens is 2. The maximum absolute atomic E-state index is 4.58. The molecule has 3 nitrogen and oxygen atoms in total. The van der Waals surface area contributed by atoms with Crippen molar-refractivity contribution in [3.63, 3.8) is 0 Å². The Balaban J connectivity index is 0.00000121. The quantitative estimate of drug-likeness (QED) is 0.521. The lowest BCUT2D eigenvalue weighted by Gasteiger charge is -2.10. The third-order valence-corrected chi connectivity index (χ3v) is 3.52. The molecular formula is C16H14ClN3. The van der Waals surface area contributed by atoms with E-state index in [9.17, 15) is 0 Å². The lowest BCUT2D eigenvalue weighted by atomic mass is 10.1. The summed E-state index contributed by atoms with van der Waals surface area (Å²) in [5.74, 6) is 0.991. The summed E-state index contributed by atoms with van der Waals surface area (Å²) in [4.78, 5) is 4.58. The second kappa shape index (κ2) is 4.69. The normalized spacial score (nSPS) is 11.2. The van der Waals surface area contributed by atoms with Gasteiger partial charge in [-0.25, -0.2) is 4.98 Å². The number of imidazole rings is 1. The Morgan fingerprint density at radius 3 is 2.50 bits per heavy atom. The maximum atomic E-state index is 4.58. The summed E-state index contributed by atoms with van der Waals surface area (Å²) in [5.41, 5.74) is 5.62. The van der Waals surface area contributed by atoms with Crippen LogP contribution in [0.5, 0.6) is 0 Å². The van der Waals surface area contributed by atoms with Crippen molar-refractivity contribution in [2.75, 3.05) is 5.32 Å². The summed E-state index contributed by atoms with van der Waals surface area (Å²) in [5, 5.41) is 3.50. The summed E-state index contributed by atoms with van der Waals surface area (Å²) >= 11 is 0. The van der Waals surface area contributed by atoms with Crippen molar-refractivity contribution < 1.29 is 0 Å². The van der Waals surface area contributed by atoms with Crippen molar-refractivity contribution in [2.45, 2.75) is 6.92 Å². The van der Waals surface area contributed by atoms with Crippen LogP contribution >= 0.6 is 12.4 Å². The van der Waals surface area contributed by atoms with Gasteiger partial charge in [0.15, 0.2) is 0 Å². The molecule has 2 aromatic carbocycles. The third-order valence-electron chi connectivity index (χ3n) is 3.52. The van der Waals surface area contributed by atoms with Crippen molar-refractivity contribution >= 4 is 23.8 Å². The average Bonchev–Trinajstić information content (AvgIpc) is 2.75. The zero-order valence-electron chi connectivity index (χ0n) is 11.0. The summed E-state index contributed by atoms with van der Waals surface area (Å²) in [6.45, 7) is 2.08. The minimum Gasteiger partial charge on any atom is -0.353 e. The van der Waals surface area contributed by atoms with Gasteiger partial charge in [-0.15, -0.1) is 12.4 Å². The first kappa shape index (κ1) is 12.8. The van der Waals surface area contributed by atoms with E-state index in [-0.39, 0.29) is 12.4 Å². The highest BCUT2D eigenvalue weighted by Gasteiger charge is 2.20. The number of anilines is 2. The second-order valence-corrected chi connectivity index (χ2v) is 4.75. The van der Waals surface area contributed by atoms with E-state index in [1.54, 1.807) is 0 Å². The molecule has 2 heterocycles. The van der Waals surface area contributed by atoms with E-state index >= 15 is 0 Å². The highest BCUT2D eigenvalue weighted by molar-refractivity contribution is 5.85. The van der Waals surface area contributed by atoms with Crippen molar-refractivity contribution in [1.82, 2.24) is 9.55 Å². The molecule has 0 saturated carbocycles. The van der Waals surface area contributed by atoms with Crippen LogP contribution in [0.3, 0.4) is 0 Å². The first-order chi connectivity index (χ1) is 9.34. The van der Waals surface area contributed by atoms with Gasteiger partial charge in [-0.1, -0.05) is 24.3 Å². The van der Waals surface area contributed by atoms with Crippen molar-refractivity contribution in [3.05, 3.63) is 60.4 Å². The topological polar surface area (TPSA) is 29.9 Å². The molecule has 1 aliphatic heterocycles. The monoisotopic (exact) mass is 283 g/mol. The van der Waals surface area contributed by atoms with Crippen LogP contribution < -0.4 is 5.32 Å². The van der Waals surface area contributed by atoms with Crippen LogP contribution in [0.1, 0.15) is 5.69 Å². The Hall–Kier alpha value is -2.26. The SMILES string of the molecule is Cc1cnc2n1-c1ccccc1Nc1ccccc1-2.Cl. The van der Waals surface area contributed by atoms with Crippen LogP contribution in [0.25, 0.3) is 17.1 Å². The van der Waals surface area contributed by atoms with Gasteiger partial charge in [0.2, 0.25) is 0 Å². The van der Waals surface area contributed by atoms with Crippen LogP contribution in [-0.4, -0.2) is 9.55 Å². The predicted octanol–water partition coefficient (Wildman–Crippen LogP) is 4.33. The molecule has 100 valence electrons. The molecular weight excluding hydrogens is 270 g/mol. The van der Waals surface area contributed by atoms with E-state index < -0.39 is 0 Å². The van der Waals surface area contributed by atoms with Crippen LogP contribution in [-0.2, 0) is 0 Å². The molecule has 0 unspecified atom stereocenters. The summed E-state index contributed by atoms with van der Waals surface area (Å²) in [7, 11) is 0. The first-order valence-electron chi connectivity index (χ1n) is 6.35. The Morgan fingerprint density at radius 2 is 1.65 bits per heavy atom. The molecule has 0 bridgehead atoms. The van der Waals surface area contributed by atoms with E-state index in [0.717, 1.165) is 34.1 Å². The minimum absolute atomic E-state index is 0. The van der Waals surface area contributed by atoms with E-state index in [0.29, 0.717) is 0 Å². The largest absolute Gasteiger partial charge is 0.353 e. The number of fused-ring (bicyclic) bond motifs is 5. The molecule has 20 heavy (non-hydrogen) atoms. The van der Waals surface area contributed by atoms with E-state index in [2.05, 4.69) is 52.1 Å². The molecule has 0 fully saturated rings. The molecule has 0 aliphatic carbocycles. The molecule has 0 radical (unpaired) electrons. The standard InChI is InChI=1S/C16H13N3.ClH/c1-11-10-17-16-12-6-2-3-7-13(12)18-14-8-4-5-9-15(14)19(11)16;/h2-10,18H,1H3;1H. The second-order valence-electron chi connectivity index (χ2n) is 4.75. The lowest BCUT2D eigenvalue weighted by molar-refractivity contribution is 1.02. The summed E-state index contributed by atoms with van der Waals surface area (Å²) < 4.78 is 2.20. The van der Waals surface area contributed by atoms with Gasteiger partial charge in [0.25, 0.3) is 0 Å². The fourth-order valence-corrected chi connectivity index (χ4v) is 2.64. The predicted molar refractivity (Wildman–Crippen MR) is 84.3 cm³/mol. The number of aryl methyl sites for hydroxylation is 1. The highest BCUT2D eigenvalue weighted by atomic mass is 35.5. The van der Waals surface area contributed by atoms with Crippen molar-refractivity contribution in [1.29, 1.82) is 0 Å². The van der Waals surface area contributed by atoms with Crippen LogP contribution in [0.2, 0.25) is 0 Å². The Labute approximate surface area is 123 Å². The van der Waals surface area contributed by atoms with Crippen molar-refractivity contribution in [3.8, 4) is 17.1 Å². The molecule has 1 aromatic heterocycles. The van der Waals surface area contributed by atoms with Crippen LogP contribution in [0, 0.1) is 6.92 Å². The lowest BCUT2D eigenvalue weighted by Crippen LogP contribution is -1.99. The van der Waals surface area contributed by atoms with Gasteiger partial charge in [-0.2, -0.15) is 0 Å². The third kappa shape index (κ3) is 1.71. The molecule has 0 spiro atoms. The molecule has 4 heteroatoms. The number of nitrogens with one attached hydrogen (secondary N) is 1. The zero-order valence-corrected chi connectivity index (χ0v) is 11.8. The molecule has 0 atom stereocenters. The van der Waals surface area contributed by atoms with E-state index in [1.807, 2.05) is 24.4 Å². The zero-order chi connectivity index (χ0) is 12.8. The van der Waals surface area contributed by atoms with Gasteiger partial charge in [0.1, 0.15) is 5.82 Å². The number of hydrogen-bond donors (Lipinski definition) is 1. The highest BCUT2D eigenvalue weighted by Crippen LogP contribution is 2.37. The number of halogens is 1. The molecule has 0 saturated heterocycles. The van der Waals surface area contributed by atoms with Gasteiger partial charge in [-0.05, 0) is 31.2 Å². The number of nitrogens with zero attached hydrogens (tertiary/aromatic N) is 2. The van der Waals surface area contributed by atoms with Gasteiger partial charge in [0.05, 0.1) is 11.4 Å². The van der Waals surface area contributed by atoms with E-state index in [1.165, 1.54) is 0 Å². The number of rotatable bonds is 0. The number of hydrogen-bond acceptors (Lipinski definition) is 2. The Kier molecular flexibility index (Phi) is 2.99. The van der Waals surface area contributed by atoms with Gasteiger partial charge >= 0.3 is 0 Å². The minimum atomic E-state index is 0. The fraction of sp³-hybridized carbons (Fsp3) is 0.0625. The van der Waals surface area contributed by atoms with Gasteiger partial charge in [0, 0.05) is 23.1 Å². The summed E-state index contributed by atoms with van der Waals surface area (Å²) in [6.07, 6.45) is 1.92. The van der Waals surface area contributed by atoms with E-state index in [4.69, 9.17) is 0 Å². The number of benzene rings is 2. The molecule has 3 aromatic rings. The molecule has 0 amide bonds. The fourth-order valence-electron chi connectivity index (χ4n) is 2.64. The number of para-hydroxylation sites is 3. The van der Waals surface area contributed by atoms with Crippen LogP contribution in [0.15, 0.2) is 54.7 Å². The molecule has 4 rings (SSSR count). The summed E-state index contributed by atoms with van der Waals surface area (Å²) in [6, 6.07) is 16.6. The Bertz CT molecular complexity index is 777. The van der Waals surface area contributed by atoms with Gasteiger partial charge in [-0.3, -0.25) is 4.57 Å². The van der Waals surface area contributed by atoms with Gasteiger partial charge < -0.3 is 5.32 Å². The maximum Gasteiger partial charge on any atom is 0.146 e. The Morgan fingerprint density at radius 1 is 0.950 bits per heavy atom. The average molecular weight is 284 g/mol. The first-order valence-corrected chi connectivity index (χ1v) is 6.35. The van der Waals surface area contributed by atoms with Crippen molar-refractivity contribution in [2.24, 2.45) is 0 Å².